The summed E-state index contributed by atoms with van der Waals surface area (Å²) in [4.78, 5) is 27.2. The highest BCUT2D eigenvalue weighted by Crippen LogP contribution is 2.26. The van der Waals surface area contributed by atoms with Gasteiger partial charge in [-0.25, -0.2) is 4.98 Å². The van der Waals surface area contributed by atoms with Crippen molar-refractivity contribution in [2.24, 2.45) is 0 Å². The minimum absolute atomic E-state index is 0.253. The second-order valence-corrected chi connectivity index (χ2v) is 5.67. The van der Waals surface area contributed by atoms with Crippen LogP contribution >= 0.6 is 35.0 Å². The van der Waals surface area contributed by atoms with Crippen LogP contribution in [-0.4, -0.2) is 21.3 Å². The molecule has 20 heavy (non-hydrogen) atoms. The zero-order valence-corrected chi connectivity index (χ0v) is 12.7. The molecule has 2 aromatic rings. The Morgan fingerprint density at radius 2 is 2.15 bits per heavy atom. The number of thioether (sulfide) groups is 1. The average Bonchev–Trinajstić information content (AvgIpc) is 2.37. The first-order valence-corrected chi connectivity index (χ1v) is 7.40. The Hall–Kier alpha value is -1.24. The molecular formula is C12H9Cl2N2O3S-. The summed E-state index contributed by atoms with van der Waals surface area (Å²) in [7, 11) is 0. The number of aromatic nitrogens is 2. The van der Waals surface area contributed by atoms with Crippen molar-refractivity contribution in [3.8, 4) is 0 Å². The molecule has 0 spiro atoms. The van der Waals surface area contributed by atoms with Gasteiger partial charge in [-0.15, -0.1) is 0 Å². The number of halogens is 2. The van der Waals surface area contributed by atoms with Gasteiger partial charge in [-0.2, -0.15) is 0 Å². The van der Waals surface area contributed by atoms with Gasteiger partial charge in [-0.05, 0) is 19.1 Å². The smallest absolute Gasteiger partial charge is 0.262 e. The van der Waals surface area contributed by atoms with Gasteiger partial charge >= 0.3 is 0 Å². The Labute approximate surface area is 128 Å². The zero-order chi connectivity index (χ0) is 14.9. The molecule has 0 N–H and O–H groups in total. The molecule has 106 valence electrons. The number of benzene rings is 1. The van der Waals surface area contributed by atoms with Crippen LogP contribution in [0.15, 0.2) is 22.1 Å². The van der Waals surface area contributed by atoms with Crippen molar-refractivity contribution in [3.05, 3.63) is 32.5 Å². The Bertz CT molecular complexity index is 746. The Morgan fingerprint density at radius 1 is 1.45 bits per heavy atom. The molecule has 2 rings (SSSR count). The lowest BCUT2D eigenvalue weighted by Crippen LogP contribution is -2.26. The fourth-order valence-electron chi connectivity index (χ4n) is 1.74. The molecule has 1 aromatic heterocycles. The van der Waals surface area contributed by atoms with E-state index in [1.807, 2.05) is 0 Å². The van der Waals surface area contributed by atoms with Crippen LogP contribution in [0, 0.1) is 0 Å². The van der Waals surface area contributed by atoms with E-state index in [1.165, 1.54) is 16.7 Å². The number of nitrogens with zero attached hydrogens (tertiary/aromatic N) is 2. The van der Waals surface area contributed by atoms with Crippen LogP contribution in [0.1, 0.15) is 6.92 Å². The van der Waals surface area contributed by atoms with E-state index in [1.54, 1.807) is 6.92 Å². The van der Waals surface area contributed by atoms with Crippen LogP contribution in [-0.2, 0) is 11.3 Å². The fourth-order valence-corrected chi connectivity index (χ4v) is 3.05. The Kier molecular flexibility index (Phi) is 4.57. The van der Waals surface area contributed by atoms with E-state index >= 15 is 0 Å². The van der Waals surface area contributed by atoms with Gasteiger partial charge in [0.2, 0.25) is 0 Å². The van der Waals surface area contributed by atoms with Gasteiger partial charge in [0.05, 0.1) is 21.9 Å². The van der Waals surface area contributed by atoms with Gasteiger partial charge in [0, 0.05) is 17.3 Å². The maximum atomic E-state index is 12.4. The second-order valence-electron chi connectivity index (χ2n) is 3.89. The number of fused-ring (bicyclic) bond motifs is 1. The molecule has 0 saturated carbocycles. The SMILES string of the molecule is CCn1c(SCC(=O)[O-])nc2c(Cl)cc(Cl)cc2c1=O. The van der Waals surface area contributed by atoms with Gasteiger partial charge in [0.15, 0.2) is 5.16 Å². The normalized spacial score (nSPS) is 10.9. The van der Waals surface area contributed by atoms with Crippen LogP contribution in [0.25, 0.3) is 10.9 Å². The number of aliphatic carboxylic acids is 1. The maximum Gasteiger partial charge on any atom is 0.262 e. The third kappa shape index (κ3) is 2.92. The molecule has 0 aliphatic rings. The van der Waals surface area contributed by atoms with Gasteiger partial charge < -0.3 is 9.90 Å². The van der Waals surface area contributed by atoms with E-state index in [2.05, 4.69) is 4.98 Å². The van der Waals surface area contributed by atoms with Crippen molar-refractivity contribution in [1.82, 2.24) is 9.55 Å². The molecule has 0 radical (unpaired) electrons. The molecule has 8 heteroatoms. The summed E-state index contributed by atoms with van der Waals surface area (Å²) in [5, 5.41) is 11.7. The largest absolute Gasteiger partial charge is 0.549 e. The predicted octanol–water partition coefficient (Wildman–Crippen LogP) is 1.57. The van der Waals surface area contributed by atoms with E-state index < -0.39 is 5.97 Å². The molecule has 0 aliphatic carbocycles. The molecule has 5 nitrogen and oxygen atoms in total. The second kappa shape index (κ2) is 6.03. The first-order chi connectivity index (χ1) is 9.43. The molecule has 0 aliphatic heterocycles. The van der Waals surface area contributed by atoms with Crippen molar-refractivity contribution in [2.45, 2.75) is 18.6 Å². The predicted molar refractivity (Wildman–Crippen MR) is 77.4 cm³/mol. The van der Waals surface area contributed by atoms with Crippen molar-refractivity contribution in [3.63, 3.8) is 0 Å². The number of rotatable bonds is 4. The summed E-state index contributed by atoms with van der Waals surface area (Å²) >= 11 is 12.8. The lowest BCUT2D eigenvalue weighted by atomic mass is 10.2. The molecule has 1 aromatic carbocycles. The number of hydrogen-bond acceptors (Lipinski definition) is 5. The standard InChI is InChI=1S/C12H10Cl2N2O3S/c1-2-16-11(19)7-3-6(13)4-8(14)10(7)15-12(16)20-5-9(17)18/h3-4H,2,5H2,1H3,(H,17,18)/p-1. The van der Waals surface area contributed by atoms with E-state index in [0.29, 0.717) is 27.6 Å². The molecule has 0 amide bonds. The number of carboxylic acid groups (broad SMARTS) is 1. The van der Waals surface area contributed by atoms with Gasteiger partial charge in [-0.1, -0.05) is 35.0 Å². The minimum Gasteiger partial charge on any atom is -0.549 e. The first kappa shape index (κ1) is 15.2. The van der Waals surface area contributed by atoms with Gasteiger partial charge in [-0.3, -0.25) is 9.36 Å². The summed E-state index contributed by atoms with van der Waals surface area (Å²) in [5.41, 5.74) is 0.00867. The Morgan fingerprint density at radius 3 is 2.75 bits per heavy atom. The zero-order valence-electron chi connectivity index (χ0n) is 10.4. The van der Waals surface area contributed by atoms with Crippen LogP contribution in [0.5, 0.6) is 0 Å². The van der Waals surface area contributed by atoms with Crippen LogP contribution in [0.4, 0.5) is 0 Å². The molecule has 0 atom stereocenters. The summed E-state index contributed by atoms with van der Waals surface area (Å²) < 4.78 is 1.38. The number of carboxylic acids is 1. The van der Waals surface area contributed by atoms with Crippen LogP contribution < -0.4 is 10.7 Å². The molecule has 0 saturated heterocycles. The highest BCUT2D eigenvalue weighted by atomic mass is 35.5. The van der Waals surface area contributed by atoms with Gasteiger partial charge in [0.1, 0.15) is 0 Å². The van der Waals surface area contributed by atoms with Crippen molar-refractivity contribution < 1.29 is 9.90 Å². The monoisotopic (exact) mass is 331 g/mol. The highest BCUT2D eigenvalue weighted by molar-refractivity contribution is 7.99. The maximum absolute atomic E-state index is 12.4. The number of carbonyl (C=O) groups excluding carboxylic acids is 1. The number of hydrogen-bond donors (Lipinski definition) is 0. The van der Waals surface area contributed by atoms with Gasteiger partial charge in [0.25, 0.3) is 5.56 Å². The third-order valence-electron chi connectivity index (χ3n) is 2.58. The molecule has 0 unspecified atom stereocenters. The highest BCUT2D eigenvalue weighted by Gasteiger charge is 2.13. The quantitative estimate of drug-likeness (QED) is 0.627. The van der Waals surface area contributed by atoms with E-state index in [9.17, 15) is 14.7 Å². The van der Waals surface area contributed by atoms with E-state index in [0.717, 1.165) is 11.8 Å². The molecular weight excluding hydrogens is 323 g/mol. The first-order valence-electron chi connectivity index (χ1n) is 5.66. The van der Waals surface area contributed by atoms with Crippen LogP contribution in [0.3, 0.4) is 0 Å². The lowest BCUT2D eigenvalue weighted by molar-refractivity contribution is -0.301. The number of carbonyl (C=O) groups is 1. The minimum atomic E-state index is -1.23. The fraction of sp³-hybridized carbons (Fsp3) is 0.250. The molecule has 1 heterocycles. The topological polar surface area (TPSA) is 75.0 Å². The molecule has 0 fully saturated rings. The van der Waals surface area contributed by atoms with Crippen molar-refractivity contribution in [1.29, 1.82) is 0 Å². The third-order valence-corrected chi connectivity index (χ3v) is 4.03. The summed E-state index contributed by atoms with van der Waals surface area (Å²) in [6.07, 6.45) is 0. The average molecular weight is 332 g/mol. The van der Waals surface area contributed by atoms with Crippen molar-refractivity contribution >= 4 is 51.8 Å². The Balaban J connectivity index is 2.70. The van der Waals surface area contributed by atoms with E-state index in [-0.39, 0.29) is 16.3 Å². The summed E-state index contributed by atoms with van der Waals surface area (Å²) in [6.45, 7) is 2.13. The molecule has 0 bridgehead atoms. The lowest BCUT2D eigenvalue weighted by Gasteiger charge is -2.12. The summed E-state index contributed by atoms with van der Waals surface area (Å²) in [6, 6.07) is 2.98. The summed E-state index contributed by atoms with van der Waals surface area (Å²) in [5.74, 6) is -1.52. The van der Waals surface area contributed by atoms with Crippen LogP contribution in [0.2, 0.25) is 10.0 Å². The van der Waals surface area contributed by atoms with Crippen molar-refractivity contribution in [2.75, 3.05) is 5.75 Å². The van der Waals surface area contributed by atoms with E-state index in [4.69, 9.17) is 23.2 Å².